The number of amides is 1. The third kappa shape index (κ3) is 3.23. The van der Waals surface area contributed by atoms with Crippen molar-refractivity contribution < 1.29 is 9.53 Å². The fourth-order valence-electron chi connectivity index (χ4n) is 2.74. The first-order valence-corrected chi connectivity index (χ1v) is 8.16. The molecule has 0 aromatic heterocycles. The number of carbonyl (C=O) groups excluding carboxylic acids is 1. The van der Waals surface area contributed by atoms with Crippen LogP contribution in [0.25, 0.3) is 0 Å². The van der Waals surface area contributed by atoms with Crippen LogP contribution < -0.4 is 0 Å². The van der Waals surface area contributed by atoms with Crippen molar-refractivity contribution in [3.8, 4) is 0 Å². The SMILES string of the molecule is Cc1ccccc1C1CN(C(=O)c2ccc(Br)cc2)CCO1. The van der Waals surface area contributed by atoms with Crippen LogP contribution in [-0.4, -0.2) is 30.5 Å². The van der Waals surface area contributed by atoms with Gasteiger partial charge in [0.25, 0.3) is 5.91 Å². The second-order valence-corrected chi connectivity index (χ2v) is 6.39. The van der Waals surface area contributed by atoms with Gasteiger partial charge in [-0.25, -0.2) is 0 Å². The topological polar surface area (TPSA) is 29.5 Å². The highest BCUT2D eigenvalue weighted by Gasteiger charge is 2.26. The molecule has 2 aromatic rings. The van der Waals surface area contributed by atoms with E-state index < -0.39 is 0 Å². The van der Waals surface area contributed by atoms with Gasteiger partial charge in [0.1, 0.15) is 6.10 Å². The molecule has 22 heavy (non-hydrogen) atoms. The van der Waals surface area contributed by atoms with Gasteiger partial charge in [-0.05, 0) is 42.3 Å². The molecule has 0 bridgehead atoms. The van der Waals surface area contributed by atoms with Crippen molar-refractivity contribution in [3.63, 3.8) is 0 Å². The Morgan fingerprint density at radius 2 is 1.91 bits per heavy atom. The van der Waals surface area contributed by atoms with Gasteiger partial charge in [-0.15, -0.1) is 0 Å². The lowest BCUT2D eigenvalue weighted by atomic mass is 10.0. The molecule has 3 nitrogen and oxygen atoms in total. The van der Waals surface area contributed by atoms with Gasteiger partial charge in [0.05, 0.1) is 13.2 Å². The molecule has 1 saturated heterocycles. The molecular formula is C18H18BrNO2. The average Bonchev–Trinajstić information content (AvgIpc) is 2.55. The maximum absolute atomic E-state index is 12.6. The van der Waals surface area contributed by atoms with E-state index in [2.05, 4.69) is 35.0 Å². The van der Waals surface area contributed by atoms with Crippen molar-refractivity contribution in [1.82, 2.24) is 4.90 Å². The molecule has 1 unspecified atom stereocenters. The van der Waals surface area contributed by atoms with Gasteiger partial charge in [0.2, 0.25) is 0 Å². The van der Waals surface area contributed by atoms with Crippen LogP contribution in [0.1, 0.15) is 27.6 Å². The van der Waals surface area contributed by atoms with Gasteiger partial charge < -0.3 is 9.64 Å². The normalized spacial score (nSPS) is 18.3. The van der Waals surface area contributed by atoms with Crippen molar-refractivity contribution in [2.24, 2.45) is 0 Å². The Morgan fingerprint density at radius 3 is 2.64 bits per heavy atom. The standard InChI is InChI=1S/C18H18BrNO2/c1-13-4-2-3-5-16(13)17-12-20(10-11-22-17)18(21)14-6-8-15(19)9-7-14/h2-9,17H,10-12H2,1H3. The van der Waals surface area contributed by atoms with Crippen LogP contribution in [-0.2, 0) is 4.74 Å². The summed E-state index contributed by atoms with van der Waals surface area (Å²) in [7, 11) is 0. The first-order chi connectivity index (χ1) is 10.6. The zero-order valence-electron chi connectivity index (χ0n) is 12.5. The summed E-state index contributed by atoms with van der Waals surface area (Å²) in [5.74, 6) is 0.0642. The Bertz CT molecular complexity index is 669. The van der Waals surface area contributed by atoms with E-state index in [1.807, 2.05) is 41.3 Å². The fourth-order valence-corrected chi connectivity index (χ4v) is 3.01. The lowest BCUT2D eigenvalue weighted by molar-refractivity contribution is -0.0230. The summed E-state index contributed by atoms with van der Waals surface area (Å²) >= 11 is 3.39. The first kappa shape index (κ1) is 15.3. The molecule has 0 aliphatic carbocycles. The molecule has 1 atom stereocenters. The molecule has 1 fully saturated rings. The highest BCUT2D eigenvalue weighted by Crippen LogP contribution is 2.26. The number of benzene rings is 2. The molecule has 0 radical (unpaired) electrons. The molecule has 1 aliphatic heterocycles. The van der Waals surface area contributed by atoms with Crippen molar-refractivity contribution >= 4 is 21.8 Å². The maximum atomic E-state index is 12.6. The van der Waals surface area contributed by atoms with Crippen LogP contribution in [0.3, 0.4) is 0 Å². The van der Waals surface area contributed by atoms with Crippen LogP contribution >= 0.6 is 15.9 Å². The Balaban J connectivity index is 1.77. The molecule has 3 rings (SSSR count). The molecule has 0 N–H and O–H groups in total. The largest absolute Gasteiger partial charge is 0.370 e. The number of carbonyl (C=O) groups is 1. The van der Waals surface area contributed by atoms with E-state index in [1.165, 1.54) is 5.56 Å². The van der Waals surface area contributed by atoms with E-state index in [0.29, 0.717) is 25.3 Å². The van der Waals surface area contributed by atoms with E-state index in [-0.39, 0.29) is 12.0 Å². The number of aryl methyl sites for hydroxylation is 1. The quantitative estimate of drug-likeness (QED) is 0.811. The second-order valence-electron chi connectivity index (χ2n) is 5.47. The number of hydrogen-bond acceptors (Lipinski definition) is 2. The molecule has 0 saturated carbocycles. The minimum Gasteiger partial charge on any atom is -0.370 e. The number of ether oxygens (including phenoxy) is 1. The smallest absolute Gasteiger partial charge is 0.254 e. The number of halogens is 1. The Hall–Kier alpha value is -1.65. The highest BCUT2D eigenvalue weighted by atomic mass is 79.9. The van der Waals surface area contributed by atoms with Gasteiger partial charge in [-0.1, -0.05) is 40.2 Å². The van der Waals surface area contributed by atoms with Crippen molar-refractivity contribution in [1.29, 1.82) is 0 Å². The van der Waals surface area contributed by atoms with E-state index in [4.69, 9.17) is 4.74 Å². The molecule has 1 heterocycles. The fraction of sp³-hybridized carbons (Fsp3) is 0.278. The zero-order valence-corrected chi connectivity index (χ0v) is 14.0. The molecule has 0 spiro atoms. The van der Waals surface area contributed by atoms with Gasteiger partial charge in [-0.3, -0.25) is 4.79 Å². The van der Waals surface area contributed by atoms with E-state index in [9.17, 15) is 4.79 Å². The lowest BCUT2D eigenvalue weighted by Gasteiger charge is -2.34. The third-order valence-electron chi connectivity index (χ3n) is 3.98. The molecule has 2 aromatic carbocycles. The minimum atomic E-state index is -0.0469. The van der Waals surface area contributed by atoms with Crippen LogP contribution in [0.2, 0.25) is 0 Å². The lowest BCUT2D eigenvalue weighted by Crippen LogP contribution is -2.42. The number of nitrogens with zero attached hydrogens (tertiary/aromatic N) is 1. The van der Waals surface area contributed by atoms with Gasteiger partial charge in [0, 0.05) is 16.6 Å². The summed E-state index contributed by atoms with van der Waals surface area (Å²) in [4.78, 5) is 14.5. The highest BCUT2D eigenvalue weighted by molar-refractivity contribution is 9.10. The molecular weight excluding hydrogens is 342 g/mol. The third-order valence-corrected chi connectivity index (χ3v) is 4.51. The second kappa shape index (κ2) is 6.63. The van der Waals surface area contributed by atoms with Gasteiger partial charge in [-0.2, -0.15) is 0 Å². The summed E-state index contributed by atoms with van der Waals surface area (Å²) < 4.78 is 6.85. The van der Waals surface area contributed by atoms with Crippen LogP contribution in [0, 0.1) is 6.92 Å². The van der Waals surface area contributed by atoms with E-state index in [0.717, 1.165) is 10.0 Å². The molecule has 114 valence electrons. The minimum absolute atomic E-state index is 0.0469. The van der Waals surface area contributed by atoms with Crippen LogP contribution in [0.5, 0.6) is 0 Å². The molecule has 1 aliphatic rings. The zero-order chi connectivity index (χ0) is 15.5. The van der Waals surface area contributed by atoms with Gasteiger partial charge in [0.15, 0.2) is 0 Å². The number of hydrogen-bond donors (Lipinski definition) is 0. The maximum Gasteiger partial charge on any atom is 0.254 e. The average molecular weight is 360 g/mol. The Kier molecular flexibility index (Phi) is 4.60. The Morgan fingerprint density at radius 1 is 1.18 bits per heavy atom. The molecule has 1 amide bonds. The predicted molar refractivity (Wildman–Crippen MR) is 89.9 cm³/mol. The molecule has 4 heteroatoms. The monoisotopic (exact) mass is 359 g/mol. The number of rotatable bonds is 2. The van der Waals surface area contributed by atoms with Crippen molar-refractivity contribution in [2.75, 3.05) is 19.7 Å². The summed E-state index contributed by atoms with van der Waals surface area (Å²) in [6.45, 7) is 3.88. The summed E-state index contributed by atoms with van der Waals surface area (Å²) in [5, 5.41) is 0. The van der Waals surface area contributed by atoms with Crippen molar-refractivity contribution in [3.05, 3.63) is 69.7 Å². The number of morpholine rings is 1. The first-order valence-electron chi connectivity index (χ1n) is 7.37. The predicted octanol–water partition coefficient (Wildman–Crippen LogP) is 3.97. The summed E-state index contributed by atoms with van der Waals surface area (Å²) in [6, 6.07) is 15.7. The van der Waals surface area contributed by atoms with Gasteiger partial charge >= 0.3 is 0 Å². The van der Waals surface area contributed by atoms with E-state index >= 15 is 0 Å². The van der Waals surface area contributed by atoms with Crippen molar-refractivity contribution in [2.45, 2.75) is 13.0 Å². The van der Waals surface area contributed by atoms with Crippen LogP contribution in [0.4, 0.5) is 0 Å². The van der Waals surface area contributed by atoms with E-state index in [1.54, 1.807) is 0 Å². The summed E-state index contributed by atoms with van der Waals surface area (Å²) in [6.07, 6.45) is -0.0469. The summed E-state index contributed by atoms with van der Waals surface area (Å²) in [5.41, 5.74) is 3.08. The Labute approximate surface area is 139 Å². The van der Waals surface area contributed by atoms with Crippen LogP contribution in [0.15, 0.2) is 53.0 Å².